The Kier molecular flexibility index (Phi) is 4.67. The summed E-state index contributed by atoms with van der Waals surface area (Å²) in [5.41, 5.74) is 1.54. The molecule has 0 aromatic rings. The number of rotatable bonds is 6. The maximum absolute atomic E-state index is 2.51. The lowest BCUT2D eigenvalue weighted by Gasteiger charge is -2.14. The molecule has 82 valence electrons. The van der Waals surface area contributed by atoms with Gasteiger partial charge in [-0.3, -0.25) is 0 Å². The Balaban J connectivity index is 2.05. The Labute approximate surface area is 89.2 Å². The molecule has 14 heavy (non-hydrogen) atoms. The Morgan fingerprint density at radius 1 is 1.43 bits per heavy atom. The average molecular weight is 195 g/mol. The monoisotopic (exact) mass is 195 g/mol. The molecule has 0 aliphatic heterocycles. The van der Waals surface area contributed by atoms with Gasteiger partial charge in [-0.1, -0.05) is 25.5 Å². The lowest BCUT2D eigenvalue weighted by atomic mass is 10.0. The van der Waals surface area contributed by atoms with Crippen LogP contribution < -0.4 is 0 Å². The third kappa shape index (κ3) is 4.28. The smallest absolute Gasteiger partial charge is 0.00933 e. The van der Waals surface area contributed by atoms with Gasteiger partial charge >= 0.3 is 0 Å². The van der Waals surface area contributed by atoms with Gasteiger partial charge in [0.15, 0.2) is 0 Å². The Hall–Kier alpha value is -0.300. The average Bonchev–Trinajstić information content (AvgIpc) is 2.94. The molecule has 0 saturated heterocycles. The van der Waals surface area contributed by atoms with Crippen LogP contribution in [0.3, 0.4) is 0 Å². The molecule has 1 rings (SSSR count). The Bertz CT molecular complexity index is 189. The molecule has 1 aliphatic carbocycles. The predicted octanol–water partition coefficient (Wildman–Crippen LogP) is 3.46. The van der Waals surface area contributed by atoms with Crippen molar-refractivity contribution in [3.8, 4) is 0 Å². The quantitative estimate of drug-likeness (QED) is 0.463. The lowest BCUT2D eigenvalue weighted by Crippen LogP contribution is -2.21. The molecule has 0 spiro atoms. The zero-order valence-electron chi connectivity index (χ0n) is 10.2. The minimum atomic E-state index is 0.719. The van der Waals surface area contributed by atoms with Crippen molar-refractivity contribution < 1.29 is 0 Å². The molecule has 0 atom stereocenters. The fraction of sp³-hybridized carbons (Fsp3) is 0.846. The molecule has 1 fully saturated rings. The van der Waals surface area contributed by atoms with Crippen LogP contribution in [-0.2, 0) is 0 Å². The summed E-state index contributed by atoms with van der Waals surface area (Å²) in [7, 11) is 2.26. The summed E-state index contributed by atoms with van der Waals surface area (Å²) in [6.07, 6.45) is 7.83. The van der Waals surface area contributed by atoms with Gasteiger partial charge in [0.1, 0.15) is 0 Å². The fourth-order valence-electron chi connectivity index (χ4n) is 1.60. The van der Waals surface area contributed by atoms with E-state index < -0.39 is 0 Å². The first-order chi connectivity index (χ1) is 6.61. The fourth-order valence-corrected chi connectivity index (χ4v) is 1.60. The van der Waals surface area contributed by atoms with Crippen LogP contribution in [0.4, 0.5) is 0 Å². The maximum atomic E-state index is 2.51. The first-order valence-corrected chi connectivity index (χ1v) is 5.98. The summed E-state index contributed by atoms with van der Waals surface area (Å²) in [5, 5.41) is 0. The molecule has 1 nitrogen and oxygen atoms in total. The van der Waals surface area contributed by atoms with Gasteiger partial charge in [0.2, 0.25) is 0 Å². The van der Waals surface area contributed by atoms with Gasteiger partial charge in [-0.15, -0.1) is 0 Å². The van der Waals surface area contributed by atoms with Gasteiger partial charge in [-0.2, -0.15) is 0 Å². The zero-order chi connectivity index (χ0) is 10.6. The first-order valence-electron chi connectivity index (χ1n) is 5.98. The largest absolute Gasteiger partial charge is 0.303 e. The van der Waals surface area contributed by atoms with Crippen LogP contribution in [0.5, 0.6) is 0 Å². The van der Waals surface area contributed by atoms with Crippen molar-refractivity contribution in [2.75, 3.05) is 13.6 Å². The Morgan fingerprint density at radius 3 is 2.57 bits per heavy atom. The molecule has 0 aromatic heterocycles. The molecular weight excluding hydrogens is 170 g/mol. The van der Waals surface area contributed by atoms with E-state index in [1.807, 2.05) is 0 Å². The minimum Gasteiger partial charge on any atom is -0.303 e. The number of nitrogens with zero attached hydrogens (tertiary/aromatic N) is 1. The van der Waals surface area contributed by atoms with Gasteiger partial charge in [-0.25, -0.2) is 0 Å². The Morgan fingerprint density at radius 2 is 2.07 bits per heavy atom. The predicted molar refractivity (Wildman–Crippen MR) is 63.5 cm³/mol. The molecule has 0 amide bonds. The van der Waals surface area contributed by atoms with E-state index in [-0.39, 0.29) is 0 Å². The summed E-state index contributed by atoms with van der Waals surface area (Å²) >= 11 is 0. The molecular formula is C13H25N. The van der Waals surface area contributed by atoms with E-state index in [0.29, 0.717) is 0 Å². The van der Waals surface area contributed by atoms with Crippen LogP contribution in [0.25, 0.3) is 0 Å². The third-order valence-corrected chi connectivity index (χ3v) is 3.26. The van der Waals surface area contributed by atoms with Crippen molar-refractivity contribution >= 4 is 0 Å². The molecule has 0 unspecified atom stereocenters. The van der Waals surface area contributed by atoms with E-state index in [0.717, 1.165) is 12.0 Å². The van der Waals surface area contributed by atoms with Crippen LogP contribution in [0, 0.1) is 5.92 Å². The maximum Gasteiger partial charge on any atom is 0.00933 e. The number of allylic oxidation sites excluding steroid dienone is 2. The number of unbranched alkanes of at least 4 members (excludes halogenated alkanes) is 1. The SMILES string of the molecule is CC(=CCCCN(C)C1CC1)C(C)C. The van der Waals surface area contributed by atoms with Crippen molar-refractivity contribution in [3.05, 3.63) is 11.6 Å². The minimum absolute atomic E-state index is 0.719. The van der Waals surface area contributed by atoms with Gasteiger partial charge in [-0.05, 0) is 52.1 Å². The molecule has 0 N–H and O–H groups in total. The number of hydrogen-bond acceptors (Lipinski definition) is 1. The van der Waals surface area contributed by atoms with E-state index in [1.54, 1.807) is 5.57 Å². The second kappa shape index (κ2) is 5.55. The van der Waals surface area contributed by atoms with Crippen molar-refractivity contribution in [2.45, 2.75) is 52.5 Å². The standard InChI is InChI=1S/C13H25N/c1-11(2)12(3)7-5-6-10-14(4)13-8-9-13/h7,11,13H,5-6,8-10H2,1-4H3. The normalized spacial score (nSPS) is 18.3. The van der Waals surface area contributed by atoms with Crippen LogP contribution in [0.2, 0.25) is 0 Å². The van der Waals surface area contributed by atoms with Gasteiger partial charge in [0, 0.05) is 6.04 Å². The highest BCUT2D eigenvalue weighted by Crippen LogP contribution is 2.25. The van der Waals surface area contributed by atoms with E-state index in [1.165, 1.54) is 32.2 Å². The molecule has 0 radical (unpaired) electrons. The summed E-state index contributed by atoms with van der Waals surface area (Å²) in [5.74, 6) is 0.719. The van der Waals surface area contributed by atoms with E-state index in [4.69, 9.17) is 0 Å². The van der Waals surface area contributed by atoms with E-state index in [2.05, 4.69) is 38.8 Å². The topological polar surface area (TPSA) is 3.24 Å². The van der Waals surface area contributed by atoms with Crippen molar-refractivity contribution in [2.24, 2.45) is 5.92 Å². The summed E-state index contributed by atoms with van der Waals surface area (Å²) in [6, 6.07) is 0.921. The van der Waals surface area contributed by atoms with Crippen molar-refractivity contribution in [3.63, 3.8) is 0 Å². The van der Waals surface area contributed by atoms with Crippen LogP contribution in [0.15, 0.2) is 11.6 Å². The van der Waals surface area contributed by atoms with E-state index in [9.17, 15) is 0 Å². The summed E-state index contributed by atoms with van der Waals surface area (Å²) in [4.78, 5) is 2.51. The highest BCUT2D eigenvalue weighted by atomic mass is 15.1. The summed E-state index contributed by atoms with van der Waals surface area (Å²) < 4.78 is 0. The molecule has 1 aliphatic rings. The second-order valence-electron chi connectivity index (χ2n) is 4.96. The highest BCUT2D eigenvalue weighted by molar-refractivity contribution is 5.00. The molecule has 0 aromatic carbocycles. The van der Waals surface area contributed by atoms with E-state index >= 15 is 0 Å². The highest BCUT2D eigenvalue weighted by Gasteiger charge is 2.25. The van der Waals surface area contributed by atoms with Crippen LogP contribution >= 0.6 is 0 Å². The van der Waals surface area contributed by atoms with Crippen molar-refractivity contribution in [1.29, 1.82) is 0 Å². The molecule has 1 saturated carbocycles. The molecule has 0 heterocycles. The lowest BCUT2D eigenvalue weighted by molar-refractivity contribution is 0.320. The van der Waals surface area contributed by atoms with Crippen molar-refractivity contribution in [1.82, 2.24) is 4.90 Å². The van der Waals surface area contributed by atoms with Gasteiger partial charge in [0.25, 0.3) is 0 Å². The van der Waals surface area contributed by atoms with Gasteiger partial charge < -0.3 is 4.90 Å². The zero-order valence-corrected chi connectivity index (χ0v) is 10.2. The summed E-state index contributed by atoms with van der Waals surface area (Å²) in [6.45, 7) is 8.05. The van der Waals surface area contributed by atoms with Gasteiger partial charge in [0.05, 0.1) is 0 Å². The third-order valence-electron chi connectivity index (χ3n) is 3.26. The molecule has 1 heteroatoms. The second-order valence-corrected chi connectivity index (χ2v) is 4.96. The number of hydrogen-bond donors (Lipinski definition) is 0. The molecule has 0 bridgehead atoms. The van der Waals surface area contributed by atoms with Crippen LogP contribution in [-0.4, -0.2) is 24.5 Å². The first kappa shape index (κ1) is 11.8. The van der Waals surface area contributed by atoms with Crippen LogP contribution in [0.1, 0.15) is 46.5 Å².